The largest absolute Gasteiger partial charge is 0.325 e. The van der Waals surface area contributed by atoms with Crippen molar-refractivity contribution in [3.63, 3.8) is 0 Å². The molecule has 1 aromatic rings. The number of amides is 1. The van der Waals surface area contributed by atoms with Gasteiger partial charge >= 0.3 is 0 Å². The van der Waals surface area contributed by atoms with Crippen LogP contribution in [0.2, 0.25) is 0 Å². The third kappa shape index (κ3) is 2.04. The lowest BCUT2D eigenvalue weighted by Gasteiger charge is -2.03. The van der Waals surface area contributed by atoms with Gasteiger partial charge in [0.2, 0.25) is 5.91 Å². The highest BCUT2D eigenvalue weighted by atomic mass is 16.1. The summed E-state index contributed by atoms with van der Waals surface area (Å²) in [7, 11) is 0. The van der Waals surface area contributed by atoms with Crippen molar-refractivity contribution in [3.05, 3.63) is 24.0 Å². The first-order valence-corrected chi connectivity index (χ1v) is 3.38. The summed E-state index contributed by atoms with van der Waals surface area (Å²) in [5.74, 6) is -0.0684. The molecule has 1 aromatic heterocycles. The third-order valence-corrected chi connectivity index (χ3v) is 1.35. The Morgan fingerprint density at radius 2 is 2.36 bits per heavy atom. The SMILES string of the molecule is CC(=O)Nc1cnccc1C. The molecule has 1 rings (SSSR count). The van der Waals surface area contributed by atoms with Crippen LogP contribution in [-0.2, 0) is 4.79 Å². The van der Waals surface area contributed by atoms with Gasteiger partial charge in [-0.05, 0) is 18.6 Å². The van der Waals surface area contributed by atoms with Crippen LogP contribution in [0, 0.1) is 6.92 Å². The summed E-state index contributed by atoms with van der Waals surface area (Å²) in [5.41, 5.74) is 1.80. The van der Waals surface area contributed by atoms with Crippen LogP contribution in [0.3, 0.4) is 0 Å². The summed E-state index contributed by atoms with van der Waals surface area (Å²) in [6, 6.07) is 1.85. The van der Waals surface area contributed by atoms with E-state index in [2.05, 4.69) is 10.3 Å². The summed E-state index contributed by atoms with van der Waals surface area (Å²) in [5, 5.41) is 2.67. The Hall–Kier alpha value is -1.38. The zero-order valence-electron chi connectivity index (χ0n) is 6.59. The van der Waals surface area contributed by atoms with Crippen LogP contribution in [-0.4, -0.2) is 10.9 Å². The molecule has 0 aliphatic rings. The second-order valence-electron chi connectivity index (χ2n) is 2.37. The minimum atomic E-state index is -0.0684. The van der Waals surface area contributed by atoms with Gasteiger partial charge in [-0.1, -0.05) is 0 Å². The first-order chi connectivity index (χ1) is 5.20. The lowest BCUT2D eigenvalue weighted by Crippen LogP contribution is -2.07. The van der Waals surface area contributed by atoms with E-state index >= 15 is 0 Å². The van der Waals surface area contributed by atoms with Crippen LogP contribution in [0.4, 0.5) is 5.69 Å². The van der Waals surface area contributed by atoms with E-state index in [-0.39, 0.29) is 5.91 Å². The van der Waals surface area contributed by atoms with E-state index in [4.69, 9.17) is 0 Å². The highest BCUT2D eigenvalue weighted by molar-refractivity contribution is 5.89. The number of nitrogens with zero attached hydrogens (tertiary/aromatic N) is 1. The maximum atomic E-state index is 10.6. The standard InChI is InChI=1S/C8H10N2O/c1-6-3-4-9-5-8(6)10-7(2)11/h3-5H,1-2H3,(H,10,11). The van der Waals surface area contributed by atoms with E-state index < -0.39 is 0 Å². The zero-order chi connectivity index (χ0) is 8.27. The Labute approximate surface area is 65.5 Å². The van der Waals surface area contributed by atoms with Gasteiger partial charge < -0.3 is 5.32 Å². The maximum Gasteiger partial charge on any atom is 0.221 e. The van der Waals surface area contributed by atoms with E-state index in [0.29, 0.717) is 0 Å². The molecule has 0 saturated carbocycles. The number of nitrogens with one attached hydrogen (secondary N) is 1. The zero-order valence-corrected chi connectivity index (χ0v) is 6.59. The molecule has 0 fully saturated rings. The average Bonchev–Trinajstić information content (AvgIpc) is 1.93. The number of anilines is 1. The number of hydrogen-bond acceptors (Lipinski definition) is 2. The number of pyridine rings is 1. The molecule has 0 atom stereocenters. The molecule has 11 heavy (non-hydrogen) atoms. The van der Waals surface area contributed by atoms with Gasteiger partial charge in [0.25, 0.3) is 0 Å². The lowest BCUT2D eigenvalue weighted by molar-refractivity contribution is -0.114. The fraction of sp³-hybridized carbons (Fsp3) is 0.250. The Morgan fingerprint density at radius 1 is 1.64 bits per heavy atom. The number of carbonyl (C=O) groups is 1. The number of hydrogen-bond donors (Lipinski definition) is 1. The molecule has 1 N–H and O–H groups in total. The van der Waals surface area contributed by atoms with E-state index in [1.165, 1.54) is 6.92 Å². The smallest absolute Gasteiger partial charge is 0.221 e. The first kappa shape index (κ1) is 7.72. The molecular weight excluding hydrogens is 140 g/mol. The molecule has 0 saturated heterocycles. The molecule has 0 spiro atoms. The highest BCUT2D eigenvalue weighted by Crippen LogP contribution is 2.10. The van der Waals surface area contributed by atoms with Gasteiger partial charge in [-0.15, -0.1) is 0 Å². The van der Waals surface area contributed by atoms with E-state index in [9.17, 15) is 4.79 Å². The molecule has 0 aliphatic carbocycles. The van der Waals surface area contributed by atoms with Crippen molar-refractivity contribution in [1.29, 1.82) is 0 Å². The van der Waals surface area contributed by atoms with Crippen molar-refractivity contribution in [1.82, 2.24) is 4.98 Å². The quantitative estimate of drug-likeness (QED) is 0.656. The van der Waals surface area contributed by atoms with Gasteiger partial charge in [0.05, 0.1) is 11.9 Å². The Balaban J connectivity index is 2.86. The fourth-order valence-corrected chi connectivity index (χ4v) is 0.785. The third-order valence-electron chi connectivity index (χ3n) is 1.35. The molecule has 1 heterocycles. The van der Waals surface area contributed by atoms with Gasteiger partial charge in [0, 0.05) is 13.1 Å². The second-order valence-corrected chi connectivity index (χ2v) is 2.37. The number of rotatable bonds is 1. The maximum absolute atomic E-state index is 10.6. The molecule has 3 nitrogen and oxygen atoms in total. The normalized spacial score (nSPS) is 9.27. The molecule has 0 unspecified atom stereocenters. The molecule has 1 amide bonds. The van der Waals surface area contributed by atoms with Gasteiger partial charge in [-0.25, -0.2) is 0 Å². The summed E-state index contributed by atoms with van der Waals surface area (Å²) < 4.78 is 0. The minimum absolute atomic E-state index is 0.0684. The van der Waals surface area contributed by atoms with Crippen molar-refractivity contribution in [2.75, 3.05) is 5.32 Å². The van der Waals surface area contributed by atoms with Crippen molar-refractivity contribution < 1.29 is 4.79 Å². The molecule has 0 aliphatic heterocycles. The Morgan fingerprint density at radius 3 is 2.91 bits per heavy atom. The number of aromatic nitrogens is 1. The van der Waals surface area contributed by atoms with Gasteiger partial charge in [-0.2, -0.15) is 0 Å². The monoisotopic (exact) mass is 150 g/mol. The Kier molecular flexibility index (Phi) is 2.21. The van der Waals surface area contributed by atoms with Crippen molar-refractivity contribution in [2.45, 2.75) is 13.8 Å². The molecule has 0 bridgehead atoms. The average molecular weight is 150 g/mol. The van der Waals surface area contributed by atoms with E-state index in [1.54, 1.807) is 12.4 Å². The topological polar surface area (TPSA) is 42.0 Å². The second kappa shape index (κ2) is 3.14. The van der Waals surface area contributed by atoms with Crippen molar-refractivity contribution in [3.8, 4) is 0 Å². The summed E-state index contributed by atoms with van der Waals surface area (Å²) in [6.45, 7) is 3.40. The predicted molar refractivity (Wildman–Crippen MR) is 43.3 cm³/mol. The molecule has 0 radical (unpaired) electrons. The molecular formula is C8H10N2O. The highest BCUT2D eigenvalue weighted by Gasteiger charge is 1.97. The lowest BCUT2D eigenvalue weighted by atomic mass is 10.2. The number of carbonyl (C=O) groups excluding carboxylic acids is 1. The van der Waals surface area contributed by atoms with Crippen LogP contribution < -0.4 is 5.32 Å². The fourth-order valence-electron chi connectivity index (χ4n) is 0.785. The molecule has 58 valence electrons. The summed E-state index contributed by atoms with van der Waals surface area (Å²) >= 11 is 0. The van der Waals surface area contributed by atoms with Crippen molar-refractivity contribution in [2.24, 2.45) is 0 Å². The van der Waals surface area contributed by atoms with Gasteiger partial charge in [0.15, 0.2) is 0 Å². The van der Waals surface area contributed by atoms with E-state index in [0.717, 1.165) is 11.3 Å². The van der Waals surface area contributed by atoms with E-state index in [1.807, 2.05) is 13.0 Å². The van der Waals surface area contributed by atoms with Crippen molar-refractivity contribution >= 4 is 11.6 Å². The van der Waals surface area contributed by atoms with Gasteiger partial charge in [-0.3, -0.25) is 9.78 Å². The van der Waals surface area contributed by atoms with Crippen LogP contribution in [0.25, 0.3) is 0 Å². The van der Waals surface area contributed by atoms with Crippen LogP contribution >= 0.6 is 0 Å². The number of aryl methyl sites for hydroxylation is 1. The van der Waals surface area contributed by atoms with Crippen LogP contribution in [0.5, 0.6) is 0 Å². The Bertz CT molecular complexity index is 271. The first-order valence-electron chi connectivity index (χ1n) is 3.38. The predicted octanol–water partition coefficient (Wildman–Crippen LogP) is 1.35. The summed E-state index contributed by atoms with van der Waals surface area (Å²) in [4.78, 5) is 14.5. The van der Waals surface area contributed by atoms with Crippen LogP contribution in [0.1, 0.15) is 12.5 Å². The molecule has 0 aromatic carbocycles. The molecule has 3 heteroatoms. The summed E-state index contributed by atoms with van der Waals surface area (Å²) in [6.07, 6.45) is 3.33. The minimum Gasteiger partial charge on any atom is -0.325 e. The van der Waals surface area contributed by atoms with Gasteiger partial charge in [0.1, 0.15) is 0 Å². The van der Waals surface area contributed by atoms with Crippen LogP contribution in [0.15, 0.2) is 18.5 Å².